The summed E-state index contributed by atoms with van der Waals surface area (Å²) in [7, 11) is 2.05. The zero-order chi connectivity index (χ0) is 20.1. The summed E-state index contributed by atoms with van der Waals surface area (Å²) < 4.78 is 29.2. The van der Waals surface area contributed by atoms with Crippen LogP contribution in [0.3, 0.4) is 0 Å². The molecule has 2 nitrogen and oxygen atoms in total. The zero-order valence-corrected chi connectivity index (χ0v) is 16.7. The van der Waals surface area contributed by atoms with Crippen molar-refractivity contribution < 1.29 is 8.78 Å². The van der Waals surface area contributed by atoms with E-state index in [2.05, 4.69) is 37.1 Å². The third-order valence-electron chi connectivity index (χ3n) is 6.39. The van der Waals surface area contributed by atoms with Gasteiger partial charge in [-0.3, -0.25) is 4.90 Å². The Kier molecular flexibility index (Phi) is 6.46. The van der Waals surface area contributed by atoms with Gasteiger partial charge >= 0.3 is 0 Å². The van der Waals surface area contributed by atoms with Crippen LogP contribution in [-0.4, -0.2) is 18.0 Å². The van der Waals surface area contributed by atoms with Crippen LogP contribution in [-0.2, 0) is 12.0 Å². The van der Waals surface area contributed by atoms with E-state index in [0.29, 0.717) is 12.8 Å². The third-order valence-corrected chi connectivity index (χ3v) is 6.39. The molecule has 3 rings (SSSR count). The highest BCUT2D eigenvalue weighted by Crippen LogP contribution is 2.48. The van der Waals surface area contributed by atoms with Crippen molar-refractivity contribution in [3.8, 4) is 6.07 Å². The van der Waals surface area contributed by atoms with Gasteiger partial charge in [-0.15, -0.1) is 0 Å². The first-order valence-electron chi connectivity index (χ1n) is 10.1. The first kappa shape index (κ1) is 20.5. The molecule has 0 bridgehead atoms. The van der Waals surface area contributed by atoms with Crippen molar-refractivity contribution in [3.63, 3.8) is 0 Å². The van der Waals surface area contributed by atoms with Crippen LogP contribution in [0.15, 0.2) is 48.5 Å². The Bertz CT molecular complexity index is 806. The smallest absolute Gasteiger partial charge is 0.130 e. The van der Waals surface area contributed by atoms with Crippen LogP contribution in [0.4, 0.5) is 8.78 Å². The molecule has 2 atom stereocenters. The molecule has 148 valence electrons. The van der Waals surface area contributed by atoms with Crippen molar-refractivity contribution in [1.29, 1.82) is 5.26 Å². The van der Waals surface area contributed by atoms with Gasteiger partial charge in [0.15, 0.2) is 0 Å². The van der Waals surface area contributed by atoms with Gasteiger partial charge in [0, 0.05) is 18.2 Å². The van der Waals surface area contributed by atoms with E-state index in [-0.39, 0.29) is 17.5 Å². The van der Waals surface area contributed by atoms with Crippen LogP contribution in [0.2, 0.25) is 0 Å². The monoisotopic (exact) mass is 382 g/mol. The maximum atomic E-state index is 14.6. The van der Waals surface area contributed by atoms with Crippen molar-refractivity contribution in [2.75, 3.05) is 7.05 Å². The minimum atomic E-state index is -1.09. The van der Waals surface area contributed by atoms with Gasteiger partial charge in [0.25, 0.3) is 0 Å². The highest BCUT2D eigenvalue weighted by molar-refractivity contribution is 5.37. The lowest BCUT2D eigenvalue weighted by Gasteiger charge is -2.42. The predicted octanol–water partition coefficient (Wildman–Crippen LogP) is 5.83. The van der Waals surface area contributed by atoms with Gasteiger partial charge in [-0.2, -0.15) is 5.26 Å². The maximum absolute atomic E-state index is 14.6. The van der Waals surface area contributed by atoms with Gasteiger partial charge in [0.1, 0.15) is 11.6 Å². The predicted molar refractivity (Wildman–Crippen MR) is 108 cm³/mol. The molecular weight excluding hydrogens is 354 g/mol. The molecule has 0 amide bonds. The minimum absolute atomic E-state index is 0.0236. The summed E-state index contributed by atoms with van der Waals surface area (Å²) in [4.78, 5) is 2.23. The van der Waals surface area contributed by atoms with Crippen molar-refractivity contribution >= 4 is 0 Å². The molecule has 4 heteroatoms. The number of nitriles is 1. The molecule has 0 aliphatic heterocycles. The standard InChI is InChI=1S/C24H28F2N2/c1-18(28(2)16-19-8-4-3-5-9-19)14-15-24(17-27,20-10-6-11-20)23-21(25)12-7-13-22(23)26/h3-5,7-9,12-13,18,20H,6,10-11,14-16H2,1-2H3. The van der Waals surface area contributed by atoms with Crippen LogP contribution in [0.1, 0.15) is 50.2 Å². The van der Waals surface area contributed by atoms with Gasteiger partial charge in [0.05, 0.1) is 11.5 Å². The highest BCUT2D eigenvalue weighted by Gasteiger charge is 2.46. The lowest BCUT2D eigenvalue weighted by molar-refractivity contribution is 0.163. The SMILES string of the molecule is CC(CCC(C#N)(c1c(F)cccc1F)C1CCC1)N(C)Cc1ccccc1. The van der Waals surface area contributed by atoms with Crippen molar-refractivity contribution in [2.45, 2.75) is 57.0 Å². The van der Waals surface area contributed by atoms with E-state index < -0.39 is 17.0 Å². The molecule has 0 saturated heterocycles. The van der Waals surface area contributed by atoms with Crippen molar-refractivity contribution in [1.82, 2.24) is 4.90 Å². The number of hydrogen-bond acceptors (Lipinski definition) is 2. The van der Waals surface area contributed by atoms with E-state index in [1.807, 2.05) is 18.2 Å². The number of hydrogen-bond donors (Lipinski definition) is 0. The molecular formula is C24H28F2N2. The number of benzene rings is 2. The molecule has 2 aromatic carbocycles. The van der Waals surface area contributed by atoms with Crippen LogP contribution in [0.25, 0.3) is 0 Å². The van der Waals surface area contributed by atoms with Crippen molar-refractivity contribution in [2.24, 2.45) is 5.92 Å². The molecule has 0 radical (unpaired) electrons. The normalized spacial score (nSPS) is 17.6. The summed E-state index contributed by atoms with van der Waals surface area (Å²) in [6.45, 7) is 2.92. The van der Waals surface area contributed by atoms with Crippen molar-refractivity contribution in [3.05, 3.63) is 71.3 Å². The second kappa shape index (κ2) is 8.84. The molecule has 1 aliphatic rings. The summed E-state index contributed by atoms with van der Waals surface area (Å²) >= 11 is 0. The molecule has 28 heavy (non-hydrogen) atoms. The van der Waals surface area contributed by atoms with E-state index in [1.54, 1.807) is 0 Å². The molecule has 1 aliphatic carbocycles. The second-order valence-corrected chi connectivity index (χ2v) is 8.10. The summed E-state index contributed by atoms with van der Waals surface area (Å²) in [5, 5.41) is 10.1. The molecule has 1 saturated carbocycles. The van der Waals surface area contributed by atoms with E-state index in [0.717, 1.165) is 25.8 Å². The molecule has 2 unspecified atom stereocenters. The second-order valence-electron chi connectivity index (χ2n) is 8.10. The molecule has 0 spiro atoms. The Hall–Kier alpha value is -2.25. The Morgan fingerprint density at radius 2 is 1.75 bits per heavy atom. The van der Waals surface area contributed by atoms with Gasteiger partial charge < -0.3 is 0 Å². The fourth-order valence-corrected chi connectivity index (χ4v) is 4.25. The Balaban J connectivity index is 1.78. The van der Waals surface area contributed by atoms with Crippen LogP contribution in [0.5, 0.6) is 0 Å². The van der Waals surface area contributed by atoms with Crippen LogP contribution < -0.4 is 0 Å². The summed E-state index contributed by atoms with van der Waals surface area (Å²) in [6, 6.07) is 16.7. The summed E-state index contributed by atoms with van der Waals surface area (Å²) in [5.74, 6) is -1.17. The topological polar surface area (TPSA) is 27.0 Å². The number of rotatable bonds is 8. The van der Waals surface area contributed by atoms with Gasteiger partial charge in [-0.1, -0.05) is 42.8 Å². The quantitative estimate of drug-likeness (QED) is 0.574. The Labute approximate surface area is 166 Å². The molecule has 1 fully saturated rings. The molecule has 2 aromatic rings. The third kappa shape index (κ3) is 4.10. The maximum Gasteiger partial charge on any atom is 0.130 e. The number of nitrogens with zero attached hydrogens (tertiary/aromatic N) is 2. The minimum Gasteiger partial charge on any atom is -0.299 e. The van der Waals surface area contributed by atoms with Crippen LogP contribution in [0, 0.1) is 28.9 Å². The van der Waals surface area contributed by atoms with E-state index in [4.69, 9.17) is 0 Å². The van der Waals surface area contributed by atoms with E-state index in [1.165, 1.54) is 23.8 Å². The Morgan fingerprint density at radius 1 is 1.11 bits per heavy atom. The zero-order valence-electron chi connectivity index (χ0n) is 16.7. The largest absolute Gasteiger partial charge is 0.299 e. The average molecular weight is 382 g/mol. The fraction of sp³-hybridized carbons (Fsp3) is 0.458. The average Bonchev–Trinajstić information content (AvgIpc) is 2.64. The molecule has 0 heterocycles. The van der Waals surface area contributed by atoms with Crippen LogP contribution >= 0.6 is 0 Å². The van der Waals surface area contributed by atoms with Gasteiger partial charge in [0.2, 0.25) is 0 Å². The van der Waals surface area contributed by atoms with Gasteiger partial charge in [-0.05, 0) is 63.3 Å². The first-order chi connectivity index (χ1) is 13.5. The summed E-state index contributed by atoms with van der Waals surface area (Å²) in [6.07, 6.45) is 3.91. The lowest BCUT2D eigenvalue weighted by Crippen LogP contribution is -2.41. The molecule has 0 N–H and O–H groups in total. The van der Waals surface area contributed by atoms with Gasteiger partial charge in [-0.25, -0.2) is 8.78 Å². The highest BCUT2D eigenvalue weighted by atomic mass is 19.1. The van der Waals surface area contributed by atoms with E-state index >= 15 is 0 Å². The van der Waals surface area contributed by atoms with E-state index in [9.17, 15) is 14.0 Å². The first-order valence-corrected chi connectivity index (χ1v) is 10.1. The number of halogens is 2. The Morgan fingerprint density at radius 3 is 2.29 bits per heavy atom. The summed E-state index contributed by atoms with van der Waals surface area (Å²) in [5.41, 5.74) is 0.109. The lowest BCUT2D eigenvalue weighted by atomic mass is 9.60. The fourth-order valence-electron chi connectivity index (χ4n) is 4.25. The molecule has 0 aromatic heterocycles.